The van der Waals surface area contributed by atoms with Gasteiger partial charge in [-0.05, 0) is 309 Å². The Morgan fingerprint density at radius 1 is 0.0884 bits per heavy atom. The number of fused-ring (bicyclic) bond motifs is 18. The monoisotopic (exact) mass is 1870 g/mol. The van der Waals surface area contributed by atoms with Gasteiger partial charge in [-0.1, -0.05) is 467 Å². The van der Waals surface area contributed by atoms with Crippen molar-refractivity contribution in [1.82, 2.24) is 0 Å². The Bertz CT molecular complexity index is 10300. The Morgan fingerprint density at radius 3 is 0.605 bits per heavy atom. The lowest BCUT2D eigenvalue weighted by Crippen LogP contribution is -1.92. The van der Waals surface area contributed by atoms with Crippen molar-refractivity contribution >= 4 is 163 Å². The van der Waals surface area contributed by atoms with Crippen LogP contribution < -0.4 is 0 Å². The first-order valence-electron chi connectivity index (χ1n) is 50.5. The molecule has 3 aromatic heterocycles. The Morgan fingerprint density at radius 2 is 0.286 bits per heavy atom. The maximum absolute atomic E-state index is 6.18. The zero-order chi connectivity index (χ0) is 96.9. The molecule has 0 saturated carbocycles. The van der Waals surface area contributed by atoms with Crippen LogP contribution in [0.1, 0.15) is 0 Å². The highest BCUT2D eigenvalue weighted by atomic mass is 16.3. The molecule has 0 bridgehead atoms. The van der Waals surface area contributed by atoms with Gasteiger partial charge in [-0.3, -0.25) is 0 Å². The molecule has 27 aromatic carbocycles. The number of furan rings is 3. The number of rotatable bonds is 12. The van der Waals surface area contributed by atoms with Gasteiger partial charge in [0.2, 0.25) is 0 Å². The van der Waals surface area contributed by atoms with E-state index in [1.54, 1.807) is 0 Å². The summed E-state index contributed by atoms with van der Waals surface area (Å²) in [5.41, 5.74) is 34.9. The quantitative estimate of drug-likeness (QED) is 0.114. The Balaban J connectivity index is 0.000000107. The van der Waals surface area contributed by atoms with E-state index >= 15 is 0 Å². The van der Waals surface area contributed by atoms with E-state index in [-0.39, 0.29) is 0 Å². The summed E-state index contributed by atoms with van der Waals surface area (Å²) in [5.74, 6) is 0. The largest absolute Gasteiger partial charge is 0.456 e. The van der Waals surface area contributed by atoms with E-state index in [4.69, 9.17) is 13.3 Å². The van der Waals surface area contributed by atoms with Gasteiger partial charge in [0.05, 0.1) is 0 Å². The summed E-state index contributed by atoms with van der Waals surface area (Å²) >= 11 is 0. The molecule has 30 aromatic rings. The van der Waals surface area contributed by atoms with E-state index in [1.807, 2.05) is 36.4 Å². The van der Waals surface area contributed by atoms with Crippen LogP contribution in [0.5, 0.6) is 0 Å². The van der Waals surface area contributed by atoms with Crippen LogP contribution in [0, 0.1) is 0 Å². The first-order valence-corrected chi connectivity index (χ1v) is 50.5. The average Bonchev–Trinajstić information content (AvgIpc) is 0.842. The molecule has 684 valence electrons. The SMILES string of the molecule is c1cc(-c2ccc3oc4ccccc4c3c2)cc(-c2c3ccccc3c(-c3ccc(-c4ccc5ccccc5c4)cc3)c3ccccc23)c1.c1ccc(-c2c3ccccc3c(-c3ccc(-c4ccc5ccccc5c4)cc3)c3ccccc23)c(-c2ccc3oc4ccccc4c3c2)c1.c1ccc2cc(-c3ccc(-c4c5ccccc5c(-c5ccc(-c6ccc7oc8ccccc8c7c6)cc5)c5ccccc45)cc3)ccc2c1. The lowest BCUT2D eigenvalue weighted by Gasteiger charge is -2.20. The second-order valence-corrected chi connectivity index (χ2v) is 38.6. The zero-order valence-electron chi connectivity index (χ0n) is 80.2. The molecule has 0 saturated heterocycles. The second-order valence-electron chi connectivity index (χ2n) is 38.6. The third kappa shape index (κ3) is 15.2. The first-order chi connectivity index (χ1) is 72.9. The van der Waals surface area contributed by atoms with Gasteiger partial charge in [-0.15, -0.1) is 0 Å². The Hall–Kier alpha value is -19.3. The van der Waals surface area contributed by atoms with Crippen LogP contribution in [-0.2, 0) is 0 Å². The van der Waals surface area contributed by atoms with Gasteiger partial charge < -0.3 is 13.3 Å². The van der Waals surface area contributed by atoms with Crippen LogP contribution in [0.4, 0.5) is 0 Å². The first kappa shape index (κ1) is 85.6. The van der Waals surface area contributed by atoms with Crippen molar-refractivity contribution in [2.45, 2.75) is 0 Å². The van der Waals surface area contributed by atoms with E-state index in [1.165, 1.54) is 230 Å². The summed E-state index contributed by atoms with van der Waals surface area (Å²) in [6, 6.07) is 198. The van der Waals surface area contributed by atoms with Gasteiger partial charge in [0.25, 0.3) is 0 Å². The Labute approximate surface area is 849 Å². The summed E-state index contributed by atoms with van der Waals surface area (Å²) in [5, 5.41) is 29.5. The number of benzene rings is 27. The number of hydrogen-bond donors (Lipinski definition) is 0. The Kier molecular flexibility index (Phi) is 21.0. The lowest BCUT2D eigenvalue weighted by atomic mass is 9.83. The number of para-hydroxylation sites is 3. The molecule has 147 heavy (non-hydrogen) atoms. The molecule has 3 nitrogen and oxygen atoms in total. The van der Waals surface area contributed by atoms with Crippen molar-refractivity contribution in [2.24, 2.45) is 0 Å². The molecule has 30 rings (SSSR count). The van der Waals surface area contributed by atoms with Crippen LogP contribution in [0.15, 0.2) is 559 Å². The van der Waals surface area contributed by atoms with Crippen LogP contribution in [0.25, 0.3) is 296 Å². The van der Waals surface area contributed by atoms with Gasteiger partial charge in [0, 0.05) is 32.3 Å². The molecule has 3 heterocycles. The smallest absolute Gasteiger partial charge is 0.135 e. The summed E-state index contributed by atoms with van der Waals surface area (Å²) < 4.78 is 18.4. The van der Waals surface area contributed by atoms with E-state index in [0.29, 0.717) is 0 Å². The molecule has 0 aliphatic rings. The fourth-order valence-electron chi connectivity index (χ4n) is 23.2. The molecule has 0 fully saturated rings. The minimum Gasteiger partial charge on any atom is -0.456 e. The predicted molar refractivity (Wildman–Crippen MR) is 624 cm³/mol. The molecule has 0 atom stereocenters. The molecule has 3 heteroatoms. The van der Waals surface area contributed by atoms with Crippen molar-refractivity contribution < 1.29 is 13.3 Å². The van der Waals surface area contributed by atoms with Gasteiger partial charge in [-0.25, -0.2) is 0 Å². The molecule has 0 amide bonds. The van der Waals surface area contributed by atoms with Crippen LogP contribution >= 0.6 is 0 Å². The summed E-state index contributed by atoms with van der Waals surface area (Å²) in [4.78, 5) is 0. The maximum Gasteiger partial charge on any atom is 0.135 e. The molecule has 0 aliphatic heterocycles. The van der Waals surface area contributed by atoms with E-state index in [9.17, 15) is 0 Å². The van der Waals surface area contributed by atoms with E-state index < -0.39 is 0 Å². The van der Waals surface area contributed by atoms with Crippen molar-refractivity contribution in [2.75, 3.05) is 0 Å². The zero-order valence-corrected chi connectivity index (χ0v) is 80.2. The third-order valence-corrected chi connectivity index (χ3v) is 30.2. The summed E-state index contributed by atoms with van der Waals surface area (Å²) in [6.07, 6.45) is 0. The minimum atomic E-state index is 0.911. The van der Waals surface area contributed by atoms with Crippen LogP contribution in [0.3, 0.4) is 0 Å². The van der Waals surface area contributed by atoms with Gasteiger partial charge >= 0.3 is 0 Å². The highest BCUT2D eigenvalue weighted by Crippen LogP contribution is 2.52. The topological polar surface area (TPSA) is 39.4 Å². The van der Waals surface area contributed by atoms with Crippen molar-refractivity contribution in [1.29, 1.82) is 0 Å². The third-order valence-electron chi connectivity index (χ3n) is 30.2. The van der Waals surface area contributed by atoms with Crippen LogP contribution in [-0.4, -0.2) is 0 Å². The molecular weight excluding hydrogens is 1780 g/mol. The molecule has 0 aliphatic carbocycles. The summed E-state index contributed by atoms with van der Waals surface area (Å²) in [7, 11) is 0. The molecule has 0 radical (unpaired) electrons. The molecule has 0 unspecified atom stereocenters. The summed E-state index contributed by atoms with van der Waals surface area (Å²) in [6.45, 7) is 0. The van der Waals surface area contributed by atoms with E-state index in [2.05, 4.69) is 510 Å². The highest BCUT2D eigenvalue weighted by molar-refractivity contribution is 6.26. The normalized spacial score (nSPS) is 11.7. The molecular formula is C144H90O3. The number of hydrogen-bond acceptors (Lipinski definition) is 3. The van der Waals surface area contributed by atoms with Crippen molar-refractivity contribution in [3.8, 4) is 134 Å². The highest BCUT2D eigenvalue weighted by Gasteiger charge is 2.25. The van der Waals surface area contributed by atoms with Gasteiger partial charge in [-0.2, -0.15) is 0 Å². The molecule has 0 N–H and O–H groups in total. The average molecular weight is 1870 g/mol. The van der Waals surface area contributed by atoms with Crippen molar-refractivity contribution in [3.05, 3.63) is 546 Å². The molecule has 0 spiro atoms. The standard InChI is InChI=1S/3C48H30O/c1-2-11-34-28-36(25-22-31(34)10-1)32-20-23-33(24-21-32)47-40-15-3-5-17-42(40)48(43-18-6-4-16-41(43)47)38-13-9-12-35(29-38)37-26-27-46-44(30-37)39-14-7-8-19-45(39)49-46;1-2-10-36-29-37(26-21-31(36)9-1)32-17-22-34(23-18-32)47-40-12-3-5-14-42(40)48(43-15-6-4-13-41(43)47)35-24-19-33(20-25-35)38-27-28-46-44(30-38)39-11-7-8-16-45(39)49-46;1-2-12-34-29-35(26-23-31(34)11-1)32-21-24-33(25-22-32)47-40-16-5-7-18-42(40)48(43-19-8-6-17-41(43)47)39-15-4-3-13-37(39)36-27-28-46-44(30-36)38-14-9-10-20-45(38)49-46/h3*1-30H. The fourth-order valence-corrected chi connectivity index (χ4v) is 23.2. The van der Waals surface area contributed by atoms with Gasteiger partial charge in [0.15, 0.2) is 0 Å². The van der Waals surface area contributed by atoms with E-state index in [0.717, 1.165) is 65.8 Å². The van der Waals surface area contributed by atoms with Crippen LogP contribution in [0.2, 0.25) is 0 Å². The van der Waals surface area contributed by atoms with Gasteiger partial charge in [0.1, 0.15) is 33.5 Å². The van der Waals surface area contributed by atoms with Crippen molar-refractivity contribution in [3.63, 3.8) is 0 Å². The fraction of sp³-hybridized carbons (Fsp3) is 0. The second kappa shape index (κ2) is 36.0. The maximum atomic E-state index is 6.18. The lowest BCUT2D eigenvalue weighted by molar-refractivity contribution is 0.668. The predicted octanol–water partition coefficient (Wildman–Crippen LogP) is 41.1. The minimum absolute atomic E-state index is 0.911.